The lowest BCUT2D eigenvalue weighted by Crippen LogP contribution is -2.24. The molecular weight excluding hydrogens is 369 g/mol. The maximum atomic E-state index is 12.4. The monoisotopic (exact) mass is 378 g/mol. The molecule has 116 valence electrons. The fraction of sp³-hybridized carbons (Fsp3) is 0.0769. The molecule has 0 aliphatic carbocycles. The van der Waals surface area contributed by atoms with Crippen LogP contribution in [0.15, 0.2) is 46.4 Å². The Hall–Kier alpha value is -1.34. The number of benzene rings is 2. The highest BCUT2D eigenvalue weighted by atomic mass is 35.5. The van der Waals surface area contributed by atoms with Crippen molar-refractivity contribution in [1.82, 2.24) is 0 Å². The number of nitrogens with zero attached hydrogens (tertiary/aromatic N) is 1. The molecule has 2 rings (SSSR count). The van der Waals surface area contributed by atoms with E-state index < -0.39 is 10.0 Å². The van der Waals surface area contributed by atoms with Gasteiger partial charge in [-0.05, 0) is 35.4 Å². The van der Waals surface area contributed by atoms with Gasteiger partial charge in [-0.3, -0.25) is 4.72 Å². The quantitative estimate of drug-likeness (QED) is 0.782. The first kappa shape index (κ1) is 17.0. The summed E-state index contributed by atoms with van der Waals surface area (Å²) in [4.78, 5) is -0.0162. The van der Waals surface area contributed by atoms with Gasteiger partial charge in [0.1, 0.15) is 6.54 Å². The van der Waals surface area contributed by atoms with Gasteiger partial charge in [0.25, 0.3) is 10.0 Å². The average Bonchev–Trinajstić information content (AvgIpc) is 2.44. The first-order chi connectivity index (χ1) is 10.3. The van der Waals surface area contributed by atoms with E-state index in [1.165, 1.54) is 24.3 Å². The summed E-state index contributed by atoms with van der Waals surface area (Å²) in [6.07, 6.45) is 0. The van der Waals surface area contributed by atoms with Crippen LogP contribution in [0.3, 0.4) is 0 Å². The molecule has 0 unspecified atom stereocenters. The second kappa shape index (κ2) is 6.83. The van der Waals surface area contributed by atoms with Gasteiger partial charge in [0.05, 0.1) is 20.6 Å². The summed E-state index contributed by atoms with van der Waals surface area (Å²) in [5.74, 6) is 0. The van der Waals surface area contributed by atoms with E-state index in [9.17, 15) is 8.42 Å². The van der Waals surface area contributed by atoms with Crippen LogP contribution in [0.1, 0.15) is 5.56 Å². The molecule has 2 aromatic rings. The summed E-state index contributed by atoms with van der Waals surface area (Å²) in [5, 5.41) is 4.31. The molecule has 0 amide bonds. The van der Waals surface area contributed by atoms with Gasteiger partial charge in [0, 0.05) is 10.6 Å². The standard InChI is InChI=1S/C13H10Cl3N3O2S/c14-9-2-1-8(7-18-17)13(5-9)19-22(20,21)10-3-4-11(15)12(16)6-10/h1-6,17,19H,7H2/p+1. The maximum absolute atomic E-state index is 12.4. The summed E-state index contributed by atoms with van der Waals surface area (Å²) in [6.45, 7) is 0.149. The van der Waals surface area contributed by atoms with Crippen molar-refractivity contribution < 1.29 is 13.9 Å². The van der Waals surface area contributed by atoms with E-state index in [-0.39, 0.29) is 21.5 Å². The van der Waals surface area contributed by atoms with Crippen molar-refractivity contribution in [2.24, 2.45) is 5.11 Å². The van der Waals surface area contributed by atoms with Crippen LogP contribution in [-0.2, 0) is 16.6 Å². The summed E-state index contributed by atoms with van der Waals surface area (Å²) in [7, 11) is -3.84. The zero-order valence-electron chi connectivity index (χ0n) is 11.1. The molecule has 0 spiro atoms. The lowest BCUT2D eigenvalue weighted by atomic mass is 10.2. The maximum Gasteiger partial charge on any atom is 0.261 e. The molecule has 0 heterocycles. The second-order valence-electron chi connectivity index (χ2n) is 4.32. The van der Waals surface area contributed by atoms with Crippen molar-refractivity contribution in [3.8, 4) is 0 Å². The third kappa shape index (κ3) is 3.89. The SMILES string of the molecule is [NH2+]=NCc1ccc(Cl)cc1NS(=O)(=O)c1ccc(Cl)c(Cl)c1. The Morgan fingerprint density at radius 3 is 2.41 bits per heavy atom. The van der Waals surface area contributed by atoms with E-state index in [1.807, 2.05) is 0 Å². The fourth-order valence-corrected chi connectivity index (χ4v) is 3.38. The van der Waals surface area contributed by atoms with E-state index in [0.29, 0.717) is 16.3 Å². The molecular formula is C13H11Cl3N3O2S+. The first-order valence-corrected chi connectivity index (χ1v) is 8.58. The molecule has 2 aromatic carbocycles. The van der Waals surface area contributed by atoms with Crippen LogP contribution in [0.4, 0.5) is 5.69 Å². The number of hydrogen-bond donors (Lipinski definition) is 2. The molecule has 0 saturated heterocycles. The molecule has 0 aromatic heterocycles. The highest BCUT2D eigenvalue weighted by Crippen LogP contribution is 2.28. The van der Waals surface area contributed by atoms with Crippen molar-refractivity contribution in [2.45, 2.75) is 11.4 Å². The minimum atomic E-state index is -3.84. The Morgan fingerprint density at radius 2 is 1.77 bits per heavy atom. The molecule has 0 saturated carbocycles. The van der Waals surface area contributed by atoms with Crippen LogP contribution in [0.25, 0.3) is 0 Å². The number of nitrogens with one attached hydrogen (secondary N) is 1. The predicted octanol–water partition coefficient (Wildman–Crippen LogP) is 3.16. The molecule has 5 nitrogen and oxygen atoms in total. The number of sulfonamides is 1. The second-order valence-corrected chi connectivity index (χ2v) is 7.26. The van der Waals surface area contributed by atoms with Crippen molar-refractivity contribution in [2.75, 3.05) is 4.72 Å². The van der Waals surface area contributed by atoms with Crippen LogP contribution in [-0.4, -0.2) is 8.42 Å². The largest absolute Gasteiger partial charge is 0.279 e. The Kier molecular flexibility index (Phi) is 5.28. The molecule has 0 fully saturated rings. The predicted molar refractivity (Wildman–Crippen MR) is 86.8 cm³/mol. The van der Waals surface area contributed by atoms with E-state index in [1.54, 1.807) is 12.1 Å². The Bertz CT molecular complexity index is 825. The van der Waals surface area contributed by atoms with Gasteiger partial charge in [-0.15, -0.1) is 0 Å². The van der Waals surface area contributed by atoms with Gasteiger partial charge in [-0.1, -0.05) is 40.9 Å². The average molecular weight is 380 g/mol. The van der Waals surface area contributed by atoms with Crippen molar-refractivity contribution in [3.63, 3.8) is 0 Å². The van der Waals surface area contributed by atoms with E-state index in [2.05, 4.69) is 9.84 Å². The van der Waals surface area contributed by atoms with Crippen LogP contribution in [0, 0.1) is 0 Å². The first-order valence-electron chi connectivity index (χ1n) is 5.96. The topological polar surface area (TPSA) is 84.1 Å². The minimum Gasteiger partial charge on any atom is -0.279 e. The summed E-state index contributed by atoms with van der Waals surface area (Å²) in [5.41, 5.74) is 6.05. The fourth-order valence-electron chi connectivity index (χ4n) is 1.73. The number of rotatable bonds is 5. The molecule has 9 heteroatoms. The number of anilines is 1. The zero-order valence-corrected chi connectivity index (χ0v) is 14.1. The Labute approximate surface area is 142 Å². The smallest absolute Gasteiger partial charge is 0.261 e. The van der Waals surface area contributed by atoms with Crippen molar-refractivity contribution in [1.29, 1.82) is 0 Å². The third-order valence-corrected chi connectivity index (χ3v) is 5.12. The molecule has 0 aliphatic rings. The summed E-state index contributed by atoms with van der Waals surface area (Å²) < 4.78 is 27.3. The van der Waals surface area contributed by atoms with Crippen LogP contribution in [0.5, 0.6) is 0 Å². The Morgan fingerprint density at radius 1 is 1.05 bits per heavy atom. The minimum absolute atomic E-state index is 0.0162. The normalized spacial score (nSPS) is 11.2. The van der Waals surface area contributed by atoms with Gasteiger partial charge in [0.2, 0.25) is 0 Å². The molecule has 0 radical (unpaired) electrons. The summed E-state index contributed by atoms with van der Waals surface area (Å²) in [6, 6.07) is 8.78. The van der Waals surface area contributed by atoms with Crippen molar-refractivity contribution >= 4 is 50.5 Å². The molecule has 22 heavy (non-hydrogen) atoms. The van der Waals surface area contributed by atoms with Crippen LogP contribution >= 0.6 is 34.8 Å². The third-order valence-electron chi connectivity index (χ3n) is 2.78. The van der Waals surface area contributed by atoms with Gasteiger partial charge < -0.3 is 0 Å². The van der Waals surface area contributed by atoms with E-state index in [0.717, 1.165) is 0 Å². The highest BCUT2D eigenvalue weighted by Gasteiger charge is 2.18. The van der Waals surface area contributed by atoms with Crippen LogP contribution in [0.2, 0.25) is 15.1 Å². The van der Waals surface area contributed by atoms with Crippen molar-refractivity contribution in [3.05, 3.63) is 57.0 Å². The van der Waals surface area contributed by atoms with Gasteiger partial charge >= 0.3 is 0 Å². The van der Waals surface area contributed by atoms with Gasteiger partial charge in [-0.2, -0.15) is 5.53 Å². The number of halogens is 3. The zero-order chi connectivity index (χ0) is 16.3. The summed E-state index contributed by atoms with van der Waals surface area (Å²) >= 11 is 17.5. The van der Waals surface area contributed by atoms with Crippen LogP contribution < -0.4 is 10.3 Å². The molecule has 0 atom stereocenters. The molecule has 3 N–H and O–H groups in total. The van der Waals surface area contributed by atoms with E-state index >= 15 is 0 Å². The Balaban J connectivity index is 2.42. The number of nitrogens with two attached hydrogens (primary N) is 1. The number of hydrogen-bond acceptors (Lipinski definition) is 3. The van der Waals surface area contributed by atoms with Gasteiger partial charge in [0.15, 0.2) is 0 Å². The van der Waals surface area contributed by atoms with E-state index in [4.69, 9.17) is 40.3 Å². The lowest BCUT2D eigenvalue weighted by Gasteiger charge is -2.12. The highest BCUT2D eigenvalue weighted by molar-refractivity contribution is 7.92. The molecule has 0 aliphatic heterocycles. The van der Waals surface area contributed by atoms with Gasteiger partial charge in [-0.25, -0.2) is 8.42 Å². The molecule has 0 bridgehead atoms. The lowest BCUT2D eigenvalue weighted by molar-refractivity contribution is -0.223.